The van der Waals surface area contributed by atoms with Crippen LogP contribution in [0.2, 0.25) is 0 Å². The molecule has 1 aliphatic heterocycles. The van der Waals surface area contributed by atoms with E-state index in [2.05, 4.69) is 16.0 Å². The largest absolute Gasteiger partial charge is 0.394 e. The number of aromatic nitrogens is 1. The highest BCUT2D eigenvalue weighted by atomic mass is 16.5. The average Bonchev–Trinajstić information content (AvgIpc) is 2.45. The summed E-state index contributed by atoms with van der Waals surface area (Å²) in [6.07, 6.45) is 2.01. The van der Waals surface area contributed by atoms with Crippen LogP contribution in [0.5, 0.6) is 0 Å². The topological polar surface area (TPSA) is 69.4 Å². The van der Waals surface area contributed by atoms with Gasteiger partial charge in [0.1, 0.15) is 11.9 Å². The number of aliphatic hydroxyl groups is 1. The second kappa shape index (κ2) is 6.50. The molecule has 5 heteroatoms. The maximum Gasteiger partial charge on any atom is 0.146 e. The summed E-state index contributed by atoms with van der Waals surface area (Å²) >= 11 is 0. The molecular formula is C14H19N3O2. The van der Waals surface area contributed by atoms with Crippen molar-refractivity contribution >= 4 is 5.82 Å². The van der Waals surface area contributed by atoms with Crippen LogP contribution < -0.4 is 4.90 Å². The number of piperidine rings is 1. The number of rotatable bonds is 4. The van der Waals surface area contributed by atoms with Crippen molar-refractivity contribution in [3.05, 3.63) is 23.4 Å². The minimum Gasteiger partial charge on any atom is -0.394 e. The molecule has 1 N–H and O–H groups in total. The minimum absolute atomic E-state index is 0.0677. The number of ether oxygens (including phenoxy) is 1. The van der Waals surface area contributed by atoms with E-state index in [0.717, 1.165) is 37.4 Å². The Morgan fingerprint density at radius 3 is 2.84 bits per heavy atom. The zero-order valence-corrected chi connectivity index (χ0v) is 11.2. The second-order valence-corrected chi connectivity index (χ2v) is 4.72. The maximum absolute atomic E-state index is 9.14. The lowest BCUT2D eigenvalue weighted by molar-refractivity contribution is 0.0158. The monoisotopic (exact) mass is 261 g/mol. The summed E-state index contributed by atoms with van der Waals surface area (Å²) in [5.74, 6) is 0.781. The average molecular weight is 261 g/mol. The molecule has 0 aliphatic carbocycles. The van der Waals surface area contributed by atoms with Crippen molar-refractivity contribution in [3.8, 4) is 6.07 Å². The third-order valence-electron chi connectivity index (χ3n) is 3.32. The highest BCUT2D eigenvalue weighted by Crippen LogP contribution is 2.23. The number of nitrogens with zero attached hydrogens (tertiary/aromatic N) is 3. The van der Waals surface area contributed by atoms with Gasteiger partial charge in [0.05, 0.1) is 24.9 Å². The zero-order chi connectivity index (χ0) is 13.7. The third-order valence-corrected chi connectivity index (χ3v) is 3.32. The van der Waals surface area contributed by atoms with Crippen LogP contribution in [0.3, 0.4) is 0 Å². The summed E-state index contributed by atoms with van der Waals surface area (Å²) < 4.78 is 5.53. The number of aryl methyl sites for hydroxylation is 1. The van der Waals surface area contributed by atoms with Crippen LogP contribution in [0.15, 0.2) is 12.1 Å². The Kier molecular flexibility index (Phi) is 4.72. The zero-order valence-electron chi connectivity index (χ0n) is 11.2. The normalized spacial score (nSPS) is 16.4. The molecule has 102 valence electrons. The Morgan fingerprint density at radius 2 is 2.21 bits per heavy atom. The molecule has 0 radical (unpaired) electrons. The van der Waals surface area contributed by atoms with Crippen LogP contribution in [0.25, 0.3) is 0 Å². The first-order valence-corrected chi connectivity index (χ1v) is 6.59. The number of nitriles is 1. The van der Waals surface area contributed by atoms with Gasteiger partial charge in [0, 0.05) is 18.8 Å². The van der Waals surface area contributed by atoms with E-state index in [0.29, 0.717) is 12.2 Å². The SMILES string of the molecule is Cc1ccc(C#N)c(N2CCC(OCCO)CC2)n1. The first-order chi connectivity index (χ1) is 9.24. The summed E-state index contributed by atoms with van der Waals surface area (Å²) in [7, 11) is 0. The Labute approximate surface area is 113 Å². The van der Waals surface area contributed by atoms with Gasteiger partial charge in [-0.05, 0) is 31.9 Å². The Bertz CT molecular complexity index is 462. The molecule has 0 unspecified atom stereocenters. The standard InChI is InChI=1S/C14H19N3O2/c1-11-2-3-12(10-15)14(16-11)17-6-4-13(5-7-17)19-9-8-18/h2-3,13,18H,4-9H2,1H3. The van der Waals surface area contributed by atoms with E-state index in [1.54, 1.807) is 0 Å². The van der Waals surface area contributed by atoms with Gasteiger partial charge >= 0.3 is 0 Å². The van der Waals surface area contributed by atoms with Crippen molar-refractivity contribution in [3.63, 3.8) is 0 Å². The van der Waals surface area contributed by atoms with Gasteiger partial charge in [-0.2, -0.15) is 5.26 Å². The first-order valence-electron chi connectivity index (χ1n) is 6.59. The molecule has 1 aliphatic rings. The Morgan fingerprint density at radius 1 is 1.47 bits per heavy atom. The van der Waals surface area contributed by atoms with Crippen molar-refractivity contribution in [2.45, 2.75) is 25.9 Å². The summed E-state index contributed by atoms with van der Waals surface area (Å²) in [6, 6.07) is 5.88. The summed E-state index contributed by atoms with van der Waals surface area (Å²) in [4.78, 5) is 6.62. The predicted molar refractivity (Wildman–Crippen MR) is 72.0 cm³/mol. The molecule has 1 saturated heterocycles. The molecular weight excluding hydrogens is 242 g/mol. The van der Waals surface area contributed by atoms with Crippen LogP contribution >= 0.6 is 0 Å². The van der Waals surface area contributed by atoms with Crippen molar-refractivity contribution < 1.29 is 9.84 Å². The van der Waals surface area contributed by atoms with E-state index in [1.165, 1.54) is 0 Å². The van der Waals surface area contributed by atoms with Gasteiger partial charge in [-0.25, -0.2) is 4.98 Å². The second-order valence-electron chi connectivity index (χ2n) is 4.72. The van der Waals surface area contributed by atoms with Gasteiger partial charge in [0.25, 0.3) is 0 Å². The molecule has 0 amide bonds. The van der Waals surface area contributed by atoms with E-state index in [1.807, 2.05) is 19.1 Å². The van der Waals surface area contributed by atoms with Crippen LogP contribution in [0.4, 0.5) is 5.82 Å². The molecule has 0 atom stereocenters. The predicted octanol–water partition coefficient (Wildman–Crippen LogP) is 1.24. The lowest BCUT2D eigenvalue weighted by Crippen LogP contribution is -2.38. The van der Waals surface area contributed by atoms with E-state index in [-0.39, 0.29) is 12.7 Å². The summed E-state index contributed by atoms with van der Waals surface area (Å²) in [5.41, 5.74) is 1.55. The quantitative estimate of drug-likeness (QED) is 0.883. The van der Waals surface area contributed by atoms with E-state index in [9.17, 15) is 0 Å². The van der Waals surface area contributed by atoms with Crippen LogP contribution in [-0.2, 0) is 4.74 Å². The number of hydrogen-bond acceptors (Lipinski definition) is 5. The van der Waals surface area contributed by atoms with Gasteiger partial charge in [0.2, 0.25) is 0 Å². The third kappa shape index (κ3) is 3.43. The lowest BCUT2D eigenvalue weighted by atomic mass is 10.1. The van der Waals surface area contributed by atoms with Crippen molar-refractivity contribution in [2.75, 3.05) is 31.2 Å². The van der Waals surface area contributed by atoms with Gasteiger partial charge in [-0.3, -0.25) is 0 Å². The number of anilines is 1. The van der Waals surface area contributed by atoms with Crippen molar-refractivity contribution in [2.24, 2.45) is 0 Å². The molecule has 2 rings (SSSR count). The fourth-order valence-corrected chi connectivity index (χ4v) is 2.32. The molecule has 2 heterocycles. The molecule has 1 aromatic heterocycles. The van der Waals surface area contributed by atoms with Crippen LogP contribution in [0.1, 0.15) is 24.1 Å². The molecule has 0 spiro atoms. The van der Waals surface area contributed by atoms with Crippen LogP contribution in [0, 0.1) is 18.3 Å². The van der Waals surface area contributed by atoms with Gasteiger partial charge in [-0.1, -0.05) is 0 Å². The first kappa shape index (κ1) is 13.8. The molecule has 1 aromatic rings. The van der Waals surface area contributed by atoms with Crippen LogP contribution in [-0.4, -0.2) is 42.5 Å². The molecule has 5 nitrogen and oxygen atoms in total. The Balaban J connectivity index is 2.01. The van der Waals surface area contributed by atoms with Gasteiger partial charge in [-0.15, -0.1) is 0 Å². The highest BCUT2D eigenvalue weighted by molar-refractivity contribution is 5.54. The van der Waals surface area contributed by atoms with Crippen molar-refractivity contribution in [1.29, 1.82) is 5.26 Å². The fourth-order valence-electron chi connectivity index (χ4n) is 2.32. The smallest absolute Gasteiger partial charge is 0.146 e. The number of pyridine rings is 1. The molecule has 19 heavy (non-hydrogen) atoms. The number of hydrogen-bond donors (Lipinski definition) is 1. The lowest BCUT2D eigenvalue weighted by Gasteiger charge is -2.33. The highest BCUT2D eigenvalue weighted by Gasteiger charge is 2.22. The van der Waals surface area contributed by atoms with Gasteiger partial charge < -0.3 is 14.7 Å². The fraction of sp³-hybridized carbons (Fsp3) is 0.571. The molecule has 0 saturated carbocycles. The van der Waals surface area contributed by atoms with Gasteiger partial charge in [0.15, 0.2) is 0 Å². The molecule has 0 aromatic carbocycles. The van der Waals surface area contributed by atoms with Crippen molar-refractivity contribution in [1.82, 2.24) is 4.98 Å². The minimum atomic E-state index is 0.0677. The number of aliphatic hydroxyl groups excluding tert-OH is 1. The maximum atomic E-state index is 9.14. The summed E-state index contributed by atoms with van der Waals surface area (Å²) in [5, 5.41) is 17.9. The van der Waals surface area contributed by atoms with E-state index in [4.69, 9.17) is 15.1 Å². The molecule has 0 bridgehead atoms. The summed E-state index contributed by atoms with van der Waals surface area (Å²) in [6.45, 7) is 4.07. The van der Waals surface area contributed by atoms with E-state index < -0.39 is 0 Å². The Hall–Kier alpha value is -1.64. The van der Waals surface area contributed by atoms with E-state index >= 15 is 0 Å². The molecule has 1 fully saturated rings.